The van der Waals surface area contributed by atoms with Gasteiger partial charge in [-0.05, 0) is 36.3 Å². The molecule has 0 saturated heterocycles. The van der Waals surface area contributed by atoms with Crippen LogP contribution in [0.25, 0.3) is 0 Å². The first-order chi connectivity index (χ1) is 9.67. The van der Waals surface area contributed by atoms with Crippen LogP contribution in [0.3, 0.4) is 0 Å². The molecule has 0 bridgehead atoms. The lowest BCUT2D eigenvalue weighted by molar-refractivity contribution is -0.124. The van der Waals surface area contributed by atoms with E-state index in [-0.39, 0.29) is 17.1 Å². The summed E-state index contributed by atoms with van der Waals surface area (Å²) in [6.45, 7) is 9.93. The lowest BCUT2D eigenvalue weighted by Crippen LogP contribution is -2.20. The van der Waals surface area contributed by atoms with Gasteiger partial charge in [-0.3, -0.25) is 4.79 Å². The Morgan fingerprint density at radius 1 is 1.05 bits per heavy atom. The van der Waals surface area contributed by atoms with E-state index in [0.717, 1.165) is 12.8 Å². The maximum atomic E-state index is 12.2. The van der Waals surface area contributed by atoms with Crippen LogP contribution in [0, 0.1) is 11.3 Å². The maximum absolute atomic E-state index is 12.2. The summed E-state index contributed by atoms with van der Waals surface area (Å²) in [7, 11) is 0. The number of hydrogen-bond donors (Lipinski definition) is 0. The van der Waals surface area contributed by atoms with Gasteiger partial charge >= 0.3 is 0 Å². The fourth-order valence-corrected chi connectivity index (χ4v) is 2.33. The number of aryl methyl sites for hydroxylation is 1. The zero-order valence-electron chi connectivity index (χ0n) is 14.0. The summed E-state index contributed by atoms with van der Waals surface area (Å²) in [5, 5.41) is 0. The third kappa shape index (κ3) is 7.22. The highest BCUT2D eigenvalue weighted by molar-refractivity contribution is 5.81. The Morgan fingerprint density at radius 2 is 1.57 bits per heavy atom. The van der Waals surface area contributed by atoms with Crippen molar-refractivity contribution in [2.24, 2.45) is 11.3 Å². The molecule has 21 heavy (non-hydrogen) atoms. The van der Waals surface area contributed by atoms with E-state index in [9.17, 15) is 9.59 Å². The van der Waals surface area contributed by atoms with Crippen molar-refractivity contribution < 1.29 is 9.59 Å². The third-order valence-corrected chi connectivity index (χ3v) is 3.58. The molecule has 0 amide bonds. The molecule has 0 aliphatic heterocycles. The maximum Gasteiger partial charge on any atom is 0.136 e. The zero-order chi connectivity index (χ0) is 16.0. The first-order valence-electron chi connectivity index (χ1n) is 7.77. The van der Waals surface area contributed by atoms with Crippen LogP contribution >= 0.6 is 0 Å². The summed E-state index contributed by atoms with van der Waals surface area (Å²) in [5.41, 5.74) is 2.43. The normalized spacial score (nSPS) is 13.0. The average molecular weight is 288 g/mol. The van der Waals surface area contributed by atoms with Crippen molar-refractivity contribution in [3.8, 4) is 0 Å². The van der Waals surface area contributed by atoms with Crippen LogP contribution in [0.15, 0.2) is 24.3 Å². The van der Waals surface area contributed by atoms with Gasteiger partial charge in [0.25, 0.3) is 0 Å². The molecule has 0 radical (unpaired) electrons. The Kier molecular flexibility index (Phi) is 6.32. The Morgan fingerprint density at radius 3 is 2.05 bits per heavy atom. The summed E-state index contributed by atoms with van der Waals surface area (Å²) < 4.78 is 0. The fourth-order valence-electron chi connectivity index (χ4n) is 2.33. The highest BCUT2D eigenvalue weighted by Gasteiger charge is 2.20. The van der Waals surface area contributed by atoms with Gasteiger partial charge in [0.2, 0.25) is 0 Å². The first-order valence-corrected chi connectivity index (χ1v) is 7.77. The van der Waals surface area contributed by atoms with Gasteiger partial charge in [-0.25, -0.2) is 0 Å². The van der Waals surface area contributed by atoms with Crippen LogP contribution in [0.1, 0.15) is 58.6 Å². The lowest BCUT2D eigenvalue weighted by atomic mass is 9.84. The van der Waals surface area contributed by atoms with Crippen molar-refractivity contribution >= 4 is 11.6 Å². The lowest BCUT2D eigenvalue weighted by Gasteiger charge is -2.20. The van der Waals surface area contributed by atoms with E-state index in [0.29, 0.717) is 18.6 Å². The molecule has 0 heterocycles. The molecule has 2 nitrogen and oxygen atoms in total. The van der Waals surface area contributed by atoms with E-state index in [4.69, 9.17) is 0 Å². The molecule has 1 aromatic rings. The molecule has 0 aliphatic rings. The van der Waals surface area contributed by atoms with Gasteiger partial charge in [0, 0.05) is 18.8 Å². The molecule has 0 fully saturated rings. The van der Waals surface area contributed by atoms with Crippen LogP contribution < -0.4 is 0 Å². The molecule has 0 spiro atoms. The minimum atomic E-state index is 0.0574. The van der Waals surface area contributed by atoms with Crippen molar-refractivity contribution in [3.05, 3.63) is 35.4 Å². The third-order valence-electron chi connectivity index (χ3n) is 3.58. The van der Waals surface area contributed by atoms with E-state index in [2.05, 4.69) is 45.0 Å². The van der Waals surface area contributed by atoms with Gasteiger partial charge in [-0.15, -0.1) is 0 Å². The summed E-state index contributed by atoms with van der Waals surface area (Å²) >= 11 is 0. The van der Waals surface area contributed by atoms with Crippen molar-refractivity contribution in [2.75, 3.05) is 0 Å². The van der Waals surface area contributed by atoms with E-state index in [1.165, 1.54) is 11.1 Å². The number of hydrogen-bond acceptors (Lipinski definition) is 2. The largest absolute Gasteiger partial charge is 0.300 e. The van der Waals surface area contributed by atoms with Gasteiger partial charge < -0.3 is 4.79 Å². The number of benzene rings is 1. The molecular weight excluding hydrogens is 260 g/mol. The summed E-state index contributed by atoms with van der Waals surface area (Å²) in [6.07, 6.45) is 2.82. The molecule has 0 aliphatic carbocycles. The zero-order valence-corrected chi connectivity index (χ0v) is 14.0. The molecule has 2 heteroatoms. The molecule has 1 aromatic carbocycles. The van der Waals surface area contributed by atoms with Gasteiger partial charge in [0.05, 0.1) is 0 Å². The molecular formula is C19H28O2. The summed E-state index contributed by atoms with van der Waals surface area (Å²) in [4.78, 5) is 23.2. The Labute approximate surface area is 128 Å². The molecule has 0 unspecified atom stereocenters. The summed E-state index contributed by atoms with van der Waals surface area (Å²) in [5.74, 6) is 0.621. The quantitative estimate of drug-likeness (QED) is 0.745. The number of carbonyl (C=O) groups is 2. The van der Waals surface area contributed by atoms with Gasteiger partial charge in [-0.1, -0.05) is 52.0 Å². The fraction of sp³-hybridized carbons (Fsp3) is 0.579. The smallest absolute Gasteiger partial charge is 0.136 e. The molecule has 116 valence electrons. The second-order valence-electron chi connectivity index (χ2n) is 7.33. The van der Waals surface area contributed by atoms with Gasteiger partial charge in [-0.2, -0.15) is 0 Å². The van der Waals surface area contributed by atoms with Gasteiger partial charge in [0.15, 0.2) is 0 Å². The molecule has 0 N–H and O–H groups in total. The number of Topliss-reactive ketones (excluding diaryl/α,β-unsaturated/α-hetero) is 2. The van der Waals surface area contributed by atoms with Crippen LogP contribution in [0.5, 0.6) is 0 Å². The SMILES string of the molecule is CC(=O)CCc1ccc(C[C@H](C)C(=O)CC(C)(C)C)cc1. The molecule has 1 atom stereocenters. The average Bonchev–Trinajstić information content (AvgIpc) is 2.35. The highest BCUT2D eigenvalue weighted by Crippen LogP contribution is 2.22. The van der Waals surface area contributed by atoms with Crippen molar-refractivity contribution in [1.29, 1.82) is 0 Å². The highest BCUT2D eigenvalue weighted by atomic mass is 16.1. The molecule has 1 rings (SSSR count). The van der Waals surface area contributed by atoms with E-state index in [1.54, 1.807) is 6.92 Å². The van der Waals surface area contributed by atoms with Crippen LogP contribution in [0.4, 0.5) is 0 Å². The van der Waals surface area contributed by atoms with Crippen LogP contribution in [0.2, 0.25) is 0 Å². The number of carbonyl (C=O) groups excluding carboxylic acids is 2. The monoisotopic (exact) mass is 288 g/mol. The van der Waals surface area contributed by atoms with E-state index in [1.807, 2.05) is 6.92 Å². The Hall–Kier alpha value is -1.44. The predicted octanol–water partition coefficient (Wildman–Crippen LogP) is 4.39. The minimum Gasteiger partial charge on any atom is -0.300 e. The standard InChI is InChI=1S/C19H28O2/c1-14(18(21)13-19(3,4)5)12-17-10-8-16(9-11-17)7-6-15(2)20/h8-11,14H,6-7,12-13H2,1-5H3/t14-/m0/s1. The Balaban J connectivity index is 2.55. The van der Waals surface area contributed by atoms with E-state index < -0.39 is 0 Å². The van der Waals surface area contributed by atoms with Crippen LogP contribution in [-0.2, 0) is 22.4 Å². The molecule has 0 saturated carbocycles. The number of rotatable bonds is 7. The first kappa shape index (κ1) is 17.6. The van der Waals surface area contributed by atoms with E-state index >= 15 is 0 Å². The Bertz CT molecular complexity index is 477. The molecule has 0 aromatic heterocycles. The van der Waals surface area contributed by atoms with Crippen LogP contribution in [-0.4, -0.2) is 11.6 Å². The topological polar surface area (TPSA) is 34.1 Å². The van der Waals surface area contributed by atoms with Crippen molar-refractivity contribution in [1.82, 2.24) is 0 Å². The number of ketones is 2. The van der Waals surface area contributed by atoms with Crippen molar-refractivity contribution in [2.45, 2.75) is 60.3 Å². The second kappa shape index (κ2) is 7.53. The summed E-state index contributed by atoms with van der Waals surface area (Å²) in [6, 6.07) is 8.30. The van der Waals surface area contributed by atoms with Crippen molar-refractivity contribution in [3.63, 3.8) is 0 Å². The second-order valence-corrected chi connectivity index (χ2v) is 7.33. The van der Waals surface area contributed by atoms with Gasteiger partial charge in [0.1, 0.15) is 11.6 Å². The minimum absolute atomic E-state index is 0.0574. The predicted molar refractivity (Wildman–Crippen MR) is 87.4 cm³/mol.